The molecule has 2 heterocycles. The maximum absolute atomic E-state index is 11.9. The van der Waals surface area contributed by atoms with Crippen LogP contribution in [0.15, 0.2) is 70.6 Å². The van der Waals surface area contributed by atoms with Crippen LogP contribution < -0.4 is 5.56 Å². The van der Waals surface area contributed by atoms with Gasteiger partial charge in [0.2, 0.25) is 0 Å². The quantitative estimate of drug-likeness (QED) is 0.442. The third-order valence-corrected chi connectivity index (χ3v) is 4.46. The molecule has 24 heavy (non-hydrogen) atoms. The van der Waals surface area contributed by atoms with Crippen LogP contribution in [0.25, 0.3) is 22.3 Å². The van der Waals surface area contributed by atoms with Gasteiger partial charge in [-0.25, -0.2) is 9.97 Å². The summed E-state index contributed by atoms with van der Waals surface area (Å²) in [5.41, 5.74) is 3.39. The number of fused-ring (bicyclic) bond motifs is 1. The summed E-state index contributed by atoms with van der Waals surface area (Å²) >= 11 is 1.45. The molecule has 6 heteroatoms. The van der Waals surface area contributed by atoms with Crippen molar-refractivity contribution in [3.63, 3.8) is 0 Å². The Morgan fingerprint density at radius 2 is 1.71 bits per heavy atom. The molecule has 4 rings (SSSR count). The van der Waals surface area contributed by atoms with E-state index in [1.54, 1.807) is 0 Å². The van der Waals surface area contributed by atoms with Crippen LogP contribution in [0.4, 0.5) is 0 Å². The van der Waals surface area contributed by atoms with Crippen LogP contribution in [-0.4, -0.2) is 19.9 Å². The lowest BCUT2D eigenvalue weighted by atomic mass is 10.1. The molecule has 0 fully saturated rings. The topological polar surface area (TPSA) is 74.4 Å². The third-order valence-electron chi connectivity index (χ3n) is 3.57. The van der Waals surface area contributed by atoms with Crippen LogP contribution >= 0.6 is 11.8 Å². The fraction of sp³-hybridized carbons (Fsp3) is 0.0556. The Morgan fingerprint density at radius 1 is 0.917 bits per heavy atom. The zero-order chi connectivity index (χ0) is 16.4. The number of hydrogen-bond donors (Lipinski definition) is 2. The molecular weight excluding hydrogens is 320 g/mol. The number of para-hydroxylation sites is 2. The predicted octanol–water partition coefficient (Wildman–Crippen LogP) is 3.61. The monoisotopic (exact) mass is 334 g/mol. The Bertz CT molecular complexity index is 1010. The first-order valence-electron chi connectivity index (χ1n) is 7.51. The lowest BCUT2D eigenvalue weighted by Gasteiger charge is -2.03. The molecule has 0 saturated carbocycles. The van der Waals surface area contributed by atoms with Crippen LogP contribution in [0.2, 0.25) is 0 Å². The summed E-state index contributed by atoms with van der Waals surface area (Å²) in [4.78, 5) is 27.0. The lowest BCUT2D eigenvalue weighted by molar-refractivity contribution is 0.939. The van der Waals surface area contributed by atoms with E-state index in [1.807, 2.05) is 54.6 Å². The molecule has 0 spiro atoms. The van der Waals surface area contributed by atoms with E-state index in [2.05, 4.69) is 19.9 Å². The van der Waals surface area contributed by atoms with Gasteiger partial charge in [0.25, 0.3) is 5.56 Å². The highest BCUT2D eigenvalue weighted by Crippen LogP contribution is 2.22. The summed E-state index contributed by atoms with van der Waals surface area (Å²) in [5, 5.41) is 0.585. The first kappa shape index (κ1) is 14.7. The smallest absolute Gasteiger partial charge is 0.252 e. The number of aromatic nitrogens is 4. The molecule has 2 N–H and O–H groups in total. The second kappa shape index (κ2) is 6.33. The average molecular weight is 334 g/mol. The van der Waals surface area contributed by atoms with E-state index in [0.29, 0.717) is 16.6 Å². The molecule has 0 saturated heterocycles. The van der Waals surface area contributed by atoms with E-state index >= 15 is 0 Å². The molecule has 2 aromatic carbocycles. The van der Waals surface area contributed by atoms with Crippen molar-refractivity contribution in [1.82, 2.24) is 19.9 Å². The van der Waals surface area contributed by atoms with Crippen molar-refractivity contribution >= 4 is 22.8 Å². The number of hydrogen-bond acceptors (Lipinski definition) is 4. The molecule has 0 unspecified atom stereocenters. The van der Waals surface area contributed by atoms with Gasteiger partial charge in [-0.3, -0.25) is 4.79 Å². The first-order chi connectivity index (χ1) is 11.8. The molecule has 5 nitrogen and oxygen atoms in total. The molecular formula is C18H14N4OS. The van der Waals surface area contributed by atoms with Gasteiger partial charge in [0.05, 0.1) is 22.5 Å². The van der Waals surface area contributed by atoms with E-state index < -0.39 is 0 Å². The predicted molar refractivity (Wildman–Crippen MR) is 95.9 cm³/mol. The molecule has 0 aliphatic heterocycles. The minimum absolute atomic E-state index is 0.157. The van der Waals surface area contributed by atoms with Crippen LogP contribution in [0.5, 0.6) is 0 Å². The number of nitrogens with zero attached hydrogens (tertiary/aromatic N) is 2. The molecule has 4 aromatic rings. The fourth-order valence-electron chi connectivity index (χ4n) is 2.47. The summed E-state index contributed by atoms with van der Waals surface area (Å²) in [6.07, 6.45) is 0. The van der Waals surface area contributed by atoms with E-state index in [0.717, 1.165) is 22.4 Å². The van der Waals surface area contributed by atoms with E-state index in [-0.39, 0.29) is 5.56 Å². The molecule has 0 aliphatic carbocycles. The highest BCUT2D eigenvalue weighted by Gasteiger charge is 2.07. The zero-order valence-electron chi connectivity index (χ0n) is 12.7. The molecule has 0 radical (unpaired) electrons. The van der Waals surface area contributed by atoms with Crippen molar-refractivity contribution in [2.24, 2.45) is 0 Å². The van der Waals surface area contributed by atoms with E-state index in [4.69, 9.17) is 0 Å². The maximum atomic E-state index is 11.9. The highest BCUT2D eigenvalue weighted by molar-refractivity contribution is 7.98. The van der Waals surface area contributed by atoms with Crippen molar-refractivity contribution in [3.8, 4) is 11.3 Å². The van der Waals surface area contributed by atoms with Crippen LogP contribution in [-0.2, 0) is 5.75 Å². The second-order valence-electron chi connectivity index (χ2n) is 5.29. The maximum Gasteiger partial charge on any atom is 0.252 e. The molecule has 0 atom stereocenters. The Morgan fingerprint density at radius 3 is 2.54 bits per heavy atom. The fourth-order valence-corrected chi connectivity index (χ4v) is 3.22. The van der Waals surface area contributed by atoms with Gasteiger partial charge < -0.3 is 9.97 Å². The Labute approximate surface area is 142 Å². The summed E-state index contributed by atoms with van der Waals surface area (Å²) < 4.78 is 0. The zero-order valence-corrected chi connectivity index (χ0v) is 13.5. The van der Waals surface area contributed by atoms with Crippen LogP contribution in [0.3, 0.4) is 0 Å². The normalized spacial score (nSPS) is 11.0. The molecule has 2 aromatic heterocycles. The van der Waals surface area contributed by atoms with Crippen molar-refractivity contribution in [2.75, 3.05) is 0 Å². The van der Waals surface area contributed by atoms with E-state index in [9.17, 15) is 4.79 Å². The average Bonchev–Trinajstić information content (AvgIpc) is 3.03. The number of thioether (sulfide) groups is 1. The molecule has 0 bridgehead atoms. The van der Waals surface area contributed by atoms with Crippen molar-refractivity contribution in [2.45, 2.75) is 10.9 Å². The number of H-pyrrole nitrogens is 2. The summed E-state index contributed by atoms with van der Waals surface area (Å²) in [7, 11) is 0. The second-order valence-corrected chi connectivity index (χ2v) is 6.26. The van der Waals surface area contributed by atoms with Gasteiger partial charge in [0.15, 0.2) is 5.16 Å². The van der Waals surface area contributed by atoms with E-state index in [1.165, 1.54) is 17.8 Å². The number of imidazole rings is 1. The lowest BCUT2D eigenvalue weighted by Crippen LogP contribution is -2.08. The van der Waals surface area contributed by atoms with Crippen LogP contribution in [0.1, 0.15) is 5.82 Å². The van der Waals surface area contributed by atoms with Gasteiger partial charge >= 0.3 is 0 Å². The highest BCUT2D eigenvalue weighted by atomic mass is 32.2. The minimum atomic E-state index is -0.157. The first-order valence-corrected chi connectivity index (χ1v) is 8.50. The Balaban J connectivity index is 1.58. The van der Waals surface area contributed by atoms with Gasteiger partial charge in [-0.05, 0) is 12.1 Å². The molecule has 118 valence electrons. The number of nitrogens with one attached hydrogen (secondary N) is 2. The van der Waals surface area contributed by atoms with Gasteiger partial charge in [0.1, 0.15) is 5.82 Å². The number of aromatic amines is 2. The number of benzene rings is 2. The van der Waals surface area contributed by atoms with Crippen molar-refractivity contribution < 1.29 is 0 Å². The SMILES string of the molecule is O=c1cc(-c2ccccc2)nc(SCc2nc3ccccc3[nH]2)[nH]1. The summed E-state index contributed by atoms with van der Waals surface area (Å²) in [6, 6.07) is 19.1. The standard InChI is InChI=1S/C18H14N4OS/c23-17-10-15(12-6-2-1-3-7-12)21-18(22-17)24-11-16-19-13-8-4-5-9-14(13)20-16/h1-10H,11H2,(H,19,20)(H,21,22,23). The van der Waals surface area contributed by atoms with Gasteiger partial charge in [-0.15, -0.1) is 0 Å². The molecule has 0 aliphatic rings. The van der Waals surface area contributed by atoms with Gasteiger partial charge in [-0.1, -0.05) is 54.2 Å². The van der Waals surface area contributed by atoms with Gasteiger partial charge in [0, 0.05) is 11.6 Å². The number of rotatable bonds is 4. The minimum Gasteiger partial charge on any atom is -0.341 e. The van der Waals surface area contributed by atoms with Crippen molar-refractivity contribution in [3.05, 3.63) is 76.8 Å². The molecule has 0 amide bonds. The summed E-state index contributed by atoms with van der Waals surface area (Å²) in [6.45, 7) is 0. The van der Waals surface area contributed by atoms with Gasteiger partial charge in [-0.2, -0.15) is 0 Å². The van der Waals surface area contributed by atoms with Crippen molar-refractivity contribution in [1.29, 1.82) is 0 Å². The Kier molecular flexibility index (Phi) is 3.88. The third kappa shape index (κ3) is 3.09. The van der Waals surface area contributed by atoms with Crippen LogP contribution in [0, 0.1) is 0 Å². The summed E-state index contributed by atoms with van der Waals surface area (Å²) in [5.74, 6) is 1.46. The Hall–Kier alpha value is -2.86. The largest absolute Gasteiger partial charge is 0.341 e.